The van der Waals surface area contributed by atoms with Crippen molar-refractivity contribution in [3.05, 3.63) is 45.7 Å². The summed E-state index contributed by atoms with van der Waals surface area (Å²) in [5.41, 5.74) is 1.22. The summed E-state index contributed by atoms with van der Waals surface area (Å²) >= 11 is 1.94. The molecule has 134 valence electrons. The van der Waals surface area contributed by atoms with Crippen molar-refractivity contribution in [2.24, 2.45) is 0 Å². The number of hydrogen-bond donors (Lipinski definition) is 0. The molecule has 0 aliphatic carbocycles. The van der Waals surface area contributed by atoms with Gasteiger partial charge in [0.2, 0.25) is 0 Å². The zero-order valence-corrected chi connectivity index (χ0v) is 15.8. The first kappa shape index (κ1) is 17.1. The summed E-state index contributed by atoms with van der Waals surface area (Å²) in [5, 5.41) is 0. The van der Waals surface area contributed by atoms with Gasteiger partial charge in [0, 0.05) is 40.7 Å². The van der Waals surface area contributed by atoms with Crippen LogP contribution in [-0.2, 0) is 11.3 Å². The van der Waals surface area contributed by atoms with E-state index >= 15 is 0 Å². The van der Waals surface area contributed by atoms with Crippen LogP contribution in [0, 0.1) is 6.92 Å². The minimum atomic E-state index is 0.347. The van der Waals surface area contributed by atoms with Crippen LogP contribution in [-0.4, -0.2) is 34.6 Å². The minimum Gasteiger partial charge on any atom is -0.373 e. The molecule has 2 fully saturated rings. The highest BCUT2D eigenvalue weighted by molar-refractivity contribution is 7.12. The number of aromatic nitrogens is 2. The second-order valence-corrected chi connectivity index (χ2v) is 8.44. The standard InChI is InChI=1S/C20H27N3OS/c1-15-21-10-7-18(22-15)16-8-11-23(12-9-16)14-17-5-6-20(25-17)19-4-2-3-13-24-19/h5-7,10,16,19H,2-4,8-9,11-14H2,1H3/t19-/m1/s1. The van der Waals surface area contributed by atoms with Gasteiger partial charge in [-0.2, -0.15) is 0 Å². The molecule has 0 spiro atoms. The van der Waals surface area contributed by atoms with Gasteiger partial charge in [-0.05, 0) is 70.3 Å². The fourth-order valence-corrected chi connectivity index (χ4v) is 5.07. The number of aryl methyl sites for hydroxylation is 1. The number of piperidine rings is 1. The van der Waals surface area contributed by atoms with Crippen LogP contribution in [0.3, 0.4) is 0 Å². The Morgan fingerprint density at radius 2 is 2.04 bits per heavy atom. The summed E-state index contributed by atoms with van der Waals surface area (Å²) < 4.78 is 5.92. The molecule has 0 bridgehead atoms. The lowest BCUT2D eigenvalue weighted by Gasteiger charge is -2.31. The maximum Gasteiger partial charge on any atom is 0.125 e. The SMILES string of the molecule is Cc1nccc(C2CCN(Cc3ccc([C@H]4CCCCO4)s3)CC2)n1. The minimum absolute atomic E-state index is 0.347. The molecule has 2 aliphatic rings. The number of hydrogen-bond acceptors (Lipinski definition) is 5. The number of ether oxygens (including phenoxy) is 1. The average molecular weight is 358 g/mol. The third-order valence-corrected chi connectivity index (χ3v) is 6.52. The molecule has 1 atom stereocenters. The van der Waals surface area contributed by atoms with Gasteiger partial charge < -0.3 is 4.74 Å². The van der Waals surface area contributed by atoms with Gasteiger partial charge in [0.25, 0.3) is 0 Å². The van der Waals surface area contributed by atoms with Crippen LogP contribution in [0.1, 0.15) is 65.4 Å². The van der Waals surface area contributed by atoms with Crippen LogP contribution in [0.5, 0.6) is 0 Å². The Morgan fingerprint density at radius 3 is 2.80 bits per heavy atom. The molecule has 4 heterocycles. The van der Waals surface area contributed by atoms with E-state index in [4.69, 9.17) is 4.74 Å². The molecule has 25 heavy (non-hydrogen) atoms. The van der Waals surface area contributed by atoms with Crippen molar-refractivity contribution >= 4 is 11.3 Å². The maximum atomic E-state index is 5.92. The number of rotatable bonds is 4. The van der Waals surface area contributed by atoms with E-state index in [1.165, 1.54) is 47.6 Å². The Bertz CT molecular complexity index is 688. The molecule has 0 N–H and O–H groups in total. The first-order valence-electron chi connectivity index (χ1n) is 9.50. The van der Waals surface area contributed by atoms with Crippen molar-refractivity contribution in [3.63, 3.8) is 0 Å². The molecule has 2 aliphatic heterocycles. The molecule has 0 aromatic carbocycles. The molecule has 2 aromatic heterocycles. The molecule has 0 saturated carbocycles. The summed E-state index contributed by atoms with van der Waals surface area (Å²) in [5.74, 6) is 1.48. The quantitative estimate of drug-likeness (QED) is 0.809. The van der Waals surface area contributed by atoms with Gasteiger partial charge in [0.05, 0.1) is 6.10 Å². The van der Waals surface area contributed by atoms with Gasteiger partial charge in [-0.15, -0.1) is 11.3 Å². The Hall–Kier alpha value is -1.30. The highest BCUT2D eigenvalue weighted by Crippen LogP contribution is 2.34. The fourth-order valence-electron chi connectivity index (χ4n) is 3.93. The van der Waals surface area contributed by atoms with Gasteiger partial charge in [0.1, 0.15) is 5.82 Å². The first-order chi connectivity index (χ1) is 12.3. The summed E-state index contributed by atoms with van der Waals surface area (Å²) in [4.78, 5) is 14.3. The summed E-state index contributed by atoms with van der Waals surface area (Å²) in [6, 6.07) is 6.67. The second kappa shape index (κ2) is 7.94. The van der Waals surface area contributed by atoms with Crippen LogP contribution in [0.4, 0.5) is 0 Å². The van der Waals surface area contributed by atoms with E-state index in [0.717, 1.165) is 32.1 Å². The highest BCUT2D eigenvalue weighted by atomic mass is 32.1. The van der Waals surface area contributed by atoms with Crippen LogP contribution >= 0.6 is 11.3 Å². The maximum absolute atomic E-state index is 5.92. The molecule has 0 amide bonds. The zero-order valence-electron chi connectivity index (χ0n) is 15.0. The summed E-state index contributed by atoms with van der Waals surface area (Å²) in [6.45, 7) is 6.28. The Kier molecular flexibility index (Phi) is 5.44. The normalized spacial score (nSPS) is 23.0. The molecule has 5 heteroatoms. The van der Waals surface area contributed by atoms with Crippen LogP contribution in [0.2, 0.25) is 0 Å². The summed E-state index contributed by atoms with van der Waals surface area (Å²) in [7, 11) is 0. The van der Waals surface area contributed by atoms with Gasteiger partial charge in [0.15, 0.2) is 0 Å². The molecule has 4 nitrogen and oxygen atoms in total. The number of nitrogens with zero attached hydrogens (tertiary/aromatic N) is 3. The number of thiophene rings is 1. The molecule has 0 radical (unpaired) electrons. The van der Waals surface area contributed by atoms with Gasteiger partial charge >= 0.3 is 0 Å². The van der Waals surface area contributed by atoms with Gasteiger partial charge in [-0.25, -0.2) is 9.97 Å². The van der Waals surface area contributed by atoms with Gasteiger partial charge in [-0.1, -0.05) is 0 Å². The lowest BCUT2D eigenvalue weighted by atomic mass is 9.93. The second-order valence-electron chi connectivity index (χ2n) is 7.24. The van der Waals surface area contributed by atoms with E-state index in [1.807, 2.05) is 24.5 Å². The third-order valence-electron chi connectivity index (χ3n) is 5.36. The first-order valence-corrected chi connectivity index (χ1v) is 10.3. The largest absolute Gasteiger partial charge is 0.373 e. The number of likely N-dealkylation sites (tertiary alicyclic amines) is 1. The van der Waals surface area contributed by atoms with E-state index in [1.54, 1.807) is 0 Å². The van der Waals surface area contributed by atoms with E-state index < -0.39 is 0 Å². The Morgan fingerprint density at radius 1 is 1.16 bits per heavy atom. The van der Waals surface area contributed by atoms with Gasteiger partial charge in [-0.3, -0.25) is 4.90 Å². The lowest BCUT2D eigenvalue weighted by Crippen LogP contribution is -2.32. The topological polar surface area (TPSA) is 38.2 Å². The van der Waals surface area contributed by atoms with E-state index in [0.29, 0.717) is 12.0 Å². The lowest BCUT2D eigenvalue weighted by molar-refractivity contribution is 0.0172. The molecule has 2 saturated heterocycles. The van der Waals surface area contributed by atoms with E-state index in [9.17, 15) is 0 Å². The van der Waals surface area contributed by atoms with Crippen molar-refractivity contribution in [2.45, 2.75) is 57.6 Å². The fraction of sp³-hybridized carbons (Fsp3) is 0.600. The molecule has 0 unspecified atom stereocenters. The van der Waals surface area contributed by atoms with E-state index in [-0.39, 0.29) is 0 Å². The Labute approximate surface area is 154 Å². The van der Waals surface area contributed by atoms with Crippen LogP contribution in [0.15, 0.2) is 24.4 Å². The van der Waals surface area contributed by atoms with Crippen molar-refractivity contribution in [2.75, 3.05) is 19.7 Å². The molecule has 2 aromatic rings. The average Bonchev–Trinajstić information content (AvgIpc) is 3.12. The predicted octanol–water partition coefficient (Wildman–Crippen LogP) is 4.47. The van der Waals surface area contributed by atoms with E-state index in [2.05, 4.69) is 33.1 Å². The predicted molar refractivity (Wildman–Crippen MR) is 101 cm³/mol. The monoisotopic (exact) mass is 357 g/mol. The third kappa shape index (κ3) is 4.27. The highest BCUT2D eigenvalue weighted by Gasteiger charge is 2.23. The van der Waals surface area contributed by atoms with Crippen molar-refractivity contribution in [3.8, 4) is 0 Å². The molecular formula is C20H27N3OS. The summed E-state index contributed by atoms with van der Waals surface area (Å²) in [6.07, 6.45) is 8.33. The van der Waals surface area contributed by atoms with Crippen molar-refractivity contribution < 1.29 is 4.74 Å². The molecule has 4 rings (SSSR count). The molecular weight excluding hydrogens is 330 g/mol. The van der Waals surface area contributed by atoms with Crippen LogP contribution < -0.4 is 0 Å². The zero-order chi connectivity index (χ0) is 17.1. The smallest absolute Gasteiger partial charge is 0.125 e. The van der Waals surface area contributed by atoms with Crippen LogP contribution in [0.25, 0.3) is 0 Å². The Balaban J connectivity index is 1.30. The van der Waals surface area contributed by atoms with Crippen molar-refractivity contribution in [1.29, 1.82) is 0 Å². The van der Waals surface area contributed by atoms with Crippen molar-refractivity contribution in [1.82, 2.24) is 14.9 Å².